The summed E-state index contributed by atoms with van der Waals surface area (Å²) in [6.45, 7) is 4.58. The summed E-state index contributed by atoms with van der Waals surface area (Å²) in [6, 6.07) is -2.27. The van der Waals surface area contributed by atoms with Crippen LogP contribution in [0, 0.1) is 5.92 Å². The number of carboxylic acid groups (broad SMARTS) is 1. The van der Waals surface area contributed by atoms with E-state index in [2.05, 4.69) is 5.32 Å². The minimum Gasteiger partial charge on any atom is -0.480 e. The van der Waals surface area contributed by atoms with E-state index in [1.54, 1.807) is 0 Å². The molecule has 0 aromatic heterocycles. The van der Waals surface area contributed by atoms with E-state index in [0.29, 0.717) is 32.4 Å². The van der Waals surface area contributed by atoms with Crippen molar-refractivity contribution in [2.75, 3.05) is 13.1 Å². The number of hydrogen-bond donors (Lipinski definition) is 4. The van der Waals surface area contributed by atoms with Crippen LogP contribution >= 0.6 is 0 Å². The summed E-state index contributed by atoms with van der Waals surface area (Å²) in [5, 5.41) is 11.9. The van der Waals surface area contributed by atoms with Gasteiger partial charge in [-0.1, -0.05) is 20.3 Å². The number of likely N-dealkylation sites (tertiary alicyclic amines) is 1. The molecule has 24 heavy (non-hydrogen) atoms. The molecular formula is C16H30N4O4. The van der Waals surface area contributed by atoms with Crippen LogP contribution in [0.1, 0.15) is 46.0 Å². The molecule has 8 nitrogen and oxygen atoms in total. The Morgan fingerprint density at radius 3 is 2.50 bits per heavy atom. The third-order valence-corrected chi connectivity index (χ3v) is 4.36. The van der Waals surface area contributed by atoms with Crippen LogP contribution in [0.3, 0.4) is 0 Å². The average molecular weight is 342 g/mol. The van der Waals surface area contributed by atoms with Crippen LogP contribution in [0.4, 0.5) is 0 Å². The Balaban J connectivity index is 2.70. The molecule has 0 aromatic carbocycles. The Morgan fingerprint density at radius 1 is 1.29 bits per heavy atom. The molecule has 3 unspecified atom stereocenters. The van der Waals surface area contributed by atoms with Crippen molar-refractivity contribution in [3.05, 3.63) is 0 Å². The molecule has 8 heteroatoms. The van der Waals surface area contributed by atoms with Gasteiger partial charge in [-0.05, 0) is 38.1 Å². The van der Waals surface area contributed by atoms with Gasteiger partial charge >= 0.3 is 5.97 Å². The molecule has 0 radical (unpaired) electrons. The number of nitrogens with zero attached hydrogens (tertiary/aromatic N) is 1. The van der Waals surface area contributed by atoms with Crippen molar-refractivity contribution < 1.29 is 19.5 Å². The molecule has 0 spiro atoms. The normalized spacial score (nSPS) is 20.0. The lowest BCUT2D eigenvalue weighted by atomic mass is 10.0. The highest BCUT2D eigenvalue weighted by Gasteiger charge is 2.38. The standard InChI is InChI=1S/C16H30N4O4/c1-10(2)13(19-14(21)11(18)6-3-4-8-17)15(22)20-9-5-7-12(20)16(23)24/h10-13H,3-9,17-18H2,1-2H3,(H,19,21)(H,23,24). The quantitative estimate of drug-likeness (QED) is 0.423. The highest BCUT2D eigenvalue weighted by Crippen LogP contribution is 2.20. The second kappa shape index (κ2) is 9.58. The first-order valence-corrected chi connectivity index (χ1v) is 8.58. The molecule has 1 heterocycles. The molecular weight excluding hydrogens is 312 g/mol. The molecule has 0 aromatic rings. The average Bonchev–Trinajstić information content (AvgIpc) is 3.01. The van der Waals surface area contributed by atoms with Gasteiger partial charge in [0, 0.05) is 6.54 Å². The molecule has 138 valence electrons. The molecule has 0 saturated carbocycles. The lowest BCUT2D eigenvalue weighted by Crippen LogP contribution is -2.56. The highest BCUT2D eigenvalue weighted by molar-refractivity contribution is 5.92. The lowest BCUT2D eigenvalue weighted by Gasteiger charge is -2.30. The maximum absolute atomic E-state index is 12.7. The molecule has 0 aliphatic carbocycles. The number of carbonyl (C=O) groups is 3. The van der Waals surface area contributed by atoms with Crippen molar-refractivity contribution in [3.8, 4) is 0 Å². The molecule has 1 aliphatic heterocycles. The first-order chi connectivity index (χ1) is 11.3. The number of nitrogens with one attached hydrogen (secondary N) is 1. The van der Waals surface area contributed by atoms with Crippen LogP contribution in [0.15, 0.2) is 0 Å². The lowest BCUT2D eigenvalue weighted by molar-refractivity contribution is -0.150. The van der Waals surface area contributed by atoms with E-state index in [1.807, 2.05) is 13.8 Å². The Kier molecular flexibility index (Phi) is 8.14. The van der Waals surface area contributed by atoms with Gasteiger partial charge in [-0.25, -0.2) is 4.79 Å². The first kappa shape index (κ1) is 20.4. The zero-order valence-corrected chi connectivity index (χ0v) is 14.5. The van der Waals surface area contributed by atoms with E-state index in [1.165, 1.54) is 4.90 Å². The number of hydrogen-bond acceptors (Lipinski definition) is 5. The third-order valence-electron chi connectivity index (χ3n) is 4.36. The van der Waals surface area contributed by atoms with Gasteiger partial charge in [0.1, 0.15) is 12.1 Å². The number of amides is 2. The monoisotopic (exact) mass is 342 g/mol. The maximum Gasteiger partial charge on any atom is 0.326 e. The van der Waals surface area contributed by atoms with E-state index in [0.717, 1.165) is 12.8 Å². The summed E-state index contributed by atoms with van der Waals surface area (Å²) in [5.74, 6) is -1.90. The molecule has 1 saturated heterocycles. The molecule has 2 amide bonds. The number of unbranched alkanes of at least 4 members (excludes halogenated alkanes) is 1. The summed E-state index contributed by atoms with van der Waals surface area (Å²) in [6.07, 6.45) is 3.14. The minimum absolute atomic E-state index is 0.160. The van der Waals surface area contributed by atoms with Gasteiger partial charge in [0.2, 0.25) is 11.8 Å². The molecule has 1 rings (SSSR count). The van der Waals surface area contributed by atoms with Gasteiger partial charge < -0.3 is 26.8 Å². The highest BCUT2D eigenvalue weighted by atomic mass is 16.4. The Hall–Kier alpha value is -1.67. The van der Waals surface area contributed by atoms with Gasteiger partial charge in [0.05, 0.1) is 6.04 Å². The van der Waals surface area contributed by atoms with Crippen molar-refractivity contribution in [1.29, 1.82) is 0 Å². The number of aliphatic carboxylic acids is 1. The van der Waals surface area contributed by atoms with Crippen LogP contribution < -0.4 is 16.8 Å². The predicted molar refractivity (Wildman–Crippen MR) is 90.0 cm³/mol. The fourth-order valence-electron chi connectivity index (χ4n) is 2.88. The molecule has 6 N–H and O–H groups in total. The predicted octanol–water partition coefficient (Wildman–Crippen LogP) is -0.341. The Labute approximate surface area is 142 Å². The van der Waals surface area contributed by atoms with Crippen molar-refractivity contribution in [3.63, 3.8) is 0 Å². The summed E-state index contributed by atoms with van der Waals surface area (Å²) in [5.41, 5.74) is 11.3. The number of carbonyl (C=O) groups excluding carboxylic acids is 2. The van der Waals surface area contributed by atoms with Crippen LogP contribution in [0.5, 0.6) is 0 Å². The topological polar surface area (TPSA) is 139 Å². The first-order valence-electron chi connectivity index (χ1n) is 8.58. The van der Waals surface area contributed by atoms with Crippen LogP contribution in [-0.4, -0.2) is 59.0 Å². The number of carboxylic acids is 1. The Morgan fingerprint density at radius 2 is 1.96 bits per heavy atom. The van der Waals surface area contributed by atoms with Crippen LogP contribution in [-0.2, 0) is 14.4 Å². The van der Waals surface area contributed by atoms with E-state index >= 15 is 0 Å². The zero-order chi connectivity index (χ0) is 18.3. The van der Waals surface area contributed by atoms with Crippen molar-refractivity contribution >= 4 is 17.8 Å². The number of rotatable bonds is 9. The fourth-order valence-corrected chi connectivity index (χ4v) is 2.88. The number of nitrogens with two attached hydrogens (primary N) is 2. The molecule has 1 aliphatic rings. The molecule has 0 bridgehead atoms. The van der Waals surface area contributed by atoms with E-state index in [9.17, 15) is 19.5 Å². The van der Waals surface area contributed by atoms with Crippen LogP contribution in [0.25, 0.3) is 0 Å². The van der Waals surface area contributed by atoms with Gasteiger partial charge in [-0.2, -0.15) is 0 Å². The fraction of sp³-hybridized carbons (Fsp3) is 0.812. The van der Waals surface area contributed by atoms with Gasteiger partial charge in [-0.3, -0.25) is 9.59 Å². The van der Waals surface area contributed by atoms with Crippen LogP contribution in [0.2, 0.25) is 0 Å². The van der Waals surface area contributed by atoms with Gasteiger partial charge in [0.25, 0.3) is 0 Å². The summed E-state index contributed by atoms with van der Waals surface area (Å²) in [4.78, 5) is 37.6. The summed E-state index contributed by atoms with van der Waals surface area (Å²) < 4.78 is 0. The zero-order valence-electron chi connectivity index (χ0n) is 14.5. The summed E-state index contributed by atoms with van der Waals surface area (Å²) in [7, 11) is 0. The van der Waals surface area contributed by atoms with Crippen molar-refractivity contribution in [2.45, 2.75) is 64.1 Å². The van der Waals surface area contributed by atoms with Gasteiger partial charge in [-0.15, -0.1) is 0 Å². The van der Waals surface area contributed by atoms with Crippen molar-refractivity contribution in [1.82, 2.24) is 10.2 Å². The molecule has 1 fully saturated rings. The Bertz CT molecular complexity index is 455. The SMILES string of the molecule is CC(C)C(NC(=O)C(N)CCCCN)C(=O)N1CCCC1C(=O)O. The minimum atomic E-state index is -1.01. The smallest absolute Gasteiger partial charge is 0.326 e. The summed E-state index contributed by atoms with van der Waals surface area (Å²) >= 11 is 0. The second-order valence-corrected chi connectivity index (χ2v) is 6.65. The van der Waals surface area contributed by atoms with E-state index < -0.39 is 24.1 Å². The van der Waals surface area contributed by atoms with Gasteiger partial charge in [0.15, 0.2) is 0 Å². The maximum atomic E-state index is 12.7. The van der Waals surface area contributed by atoms with Crippen molar-refractivity contribution in [2.24, 2.45) is 17.4 Å². The van der Waals surface area contributed by atoms with E-state index in [-0.39, 0.29) is 17.7 Å². The van der Waals surface area contributed by atoms with E-state index in [4.69, 9.17) is 11.5 Å². The molecule has 3 atom stereocenters. The third kappa shape index (κ3) is 5.45. The largest absolute Gasteiger partial charge is 0.480 e. The second-order valence-electron chi connectivity index (χ2n) is 6.65.